The average Bonchev–Trinajstić information content (AvgIpc) is 2.93. The van der Waals surface area contributed by atoms with Gasteiger partial charge in [-0.3, -0.25) is 14.6 Å². The third-order valence-electron chi connectivity index (χ3n) is 4.12. The SMILES string of the molecule is C#CCOc1ccc(/C=C2/SC(=S)N(CCN3CCOCC3)C2=O)cc1. The van der Waals surface area contributed by atoms with Gasteiger partial charge in [0.05, 0.1) is 18.1 Å². The highest BCUT2D eigenvalue weighted by Gasteiger charge is 2.32. The summed E-state index contributed by atoms with van der Waals surface area (Å²) in [7, 11) is 0. The fourth-order valence-corrected chi connectivity index (χ4v) is 4.00. The van der Waals surface area contributed by atoms with Gasteiger partial charge in [-0.05, 0) is 23.8 Å². The number of hydrogen-bond acceptors (Lipinski definition) is 6. The monoisotopic (exact) mass is 388 g/mol. The lowest BCUT2D eigenvalue weighted by Gasteiger charge is -2.28. The Morgan fingerprint density at radius 1 is 1.27 bits per heavy atom. The van der Waals surface area contributed by atoms with Crippen LogP contribution in [0.15, 0.2) is 29.2 Å². The van der Waals surface area contributed by atoms with Crippen molar-refractivity contribution in [1.29, 1.82) is 0 Å². The summed E-state index contributed by atoms with van der Waals surface area (Å²) < 4.78 is 11.3. The minimum Gasteiger partial charge on any atom is -0.481 e. The van der Waals surface area contributed by atoms with Gasteiger partial charge in [0, 0.05) is 26.2 Å². The van der Waals surface area contributed by atoms with Crippen LogP contribution < -0.4 is 4.74 Å². The number of nitrogens with zero attached hydrogens (tertiary/aromatic N) is 2. The van der Waals surface area contributed by atoms with E-state index in [9.17, 15) is 4.79 Å². The number of benzene rings is 1. The summed E-state index contributed by atoms with van der Waals surface area (Å²) in [5.41, 5.74) is 0.923. The summed E-state index contributed by atoms with van der Waals surface area (Å²) in [5, 5.41) is 0. The first kappa shape index (κ1) is 18.9. The van der Waals surface area contributed by atoms with Crippen molar-refractivity contribution in [2.75, 3.05) is 46.0 Å². The van der Waals surface area contributed by atoms with Crippen molar-refractivity contribution >= 4 is 40.3 Å². The van der Waals surface area contributed by atoms with Crippen molar-refractivity contribution in [3.63, 3.8) is 0 Å². The third kappa shape index (κ3) is 4.86. The quantitative estimate of drug-likeness (QED) is 0.423. The molecule has 2 aliphatic rings. The van der Waals surface area contributed by atoms with E-state index in [1.165, 1.54) is 11.8 Å². The number of thioether (sulfide) groups is 1. The summed E-state index contributed by atoms with van der Waals surface area (Å²) in [4.78, 5) is 17.3. The molecule has 1 aromatic carbocycles. The Balaban J connectivity index is 1.60. The van der Waals surface area contributed by atoms with Crippen LogP contribution in [0.3, 0.4) is 0 Å². The zero-order valence-corrected chi connectivity index (χ0v) is 16.0. The maximum absolute atomic E-state index is 12.7. The first-order chi connectivity index (χ1) is 12.7. The Morgan fingerprint density at radius 2 is 2.00 bits per heavy atom. The molecule has 0 radical (unpaired) electrons. The highest BCUT2D eigenvalue weighted by Crippen LogP contribution is 2.32. The average molecular weight is 389 g/mol. The number of ether oxygens (including phenoxy) is 2. The van der Waals surface area contributed by atoms with Gasteiger partial charge in [-0.1, -0.05) is 42.0 Å². The molecular formula is C19H20N2O3S2. The number of rotatable bonds is 6. The van der Waals surface area contributed by atoms with E-state index in [0.29, 0.717) is 21.5 Å². The van der Waals surface area contributed by atoms with Crippen molar-refractivity contribution in [2.45, 2.75) is 0 Å². The van der Waals surface area contributed by atoms with Crippen molar-refractivity contribution in [3.05, 3.63) is 34.7 Å². The van der Waals surface area contributed by atoms with Gasteiger partial charge in [0.2, 0.25) is 0 Å². The Morgan fingerprint density at radius 3 is 2.69 bits per heavy atom. The lowest BCUT2D eigenvalue weighted by Crippen LogP contribution is -2.42. The zero-order valence-electron chi connectivity index (χ0n) is 14.3. The van der Waals surface area contributed by atoms with E-state index in [-0.39, 0.29) is 12.5 Å². The molecule has 0 aliphatic carbocycles. The topological polar surface area (TPSA) is 42.0 Å². The second-order valence-electron chi connectivity index (χ2n) is 5.85. The molecule has 2 heterocycles. The third-order valence-corrected chi connectivity index (χ3v) is 5.49. The van der Waals surface area contributed by atoms with Crippen LogP contribution in [0.4, 0.5) is 0 Å². The molecule has 0 N–H and O–H groups in total. The van der Waals surface area contributed by atoms with E-state index in [0.717, 1.165) is 38.4 Å². The van der Waals surface area contributed by atoms with Crippen LogP contribution in [0.5, 0.6) is 5.75 Å². The second kappa shape index (κ2) is 9.19. The lowest BCUT2D eigenvalue weighted by atomic mass is 10.2. The van der Waals surface area contributed by atoms with Crippen LogP contribution in [0.1, 0.15) is 5.56 Å². The smallest absolute Gasteiger partial charge is 0.266 e. The maximum Gasteiger partial charge on any atom is 0.266 e. The van der Waals surface area contributed by atoms with Crippen molar-refractivity contribution in [3.8, 4) is 18.1 Å². The van der Waals surface area contributed by atoms with Gasteiger partial charge in [-0.25, -0.2) is 0 Å². The van der Waals surface area contributed by atoms with Gasteiger partial charge in [-0.2, -0.15) is 0 Å². The van der Waals surface area contributed by atoms with Crippen molar-refractivity contribution < 1.29 is 14.3 Å². The van der Waals surface area contributed by atoms with Crippen molar-refractivity contribution in [1.82, 2.24) is 9.80 Å². The minimum atomic E-state index is -0.0269. The fourth-order valence-electron chi connectivity index (χ4n) is 2.70. The molecular weight excluding hydrogens is 368 g/mol. The fraction of sp³-hybridized carbons (Fsp3) is 0.368. The number of carbonyl (C=O) groups is 1. The van der Waals surface area contributed by atoms with E-state index >= 15 is 0 Å². The molecule has 1 amide bonds. The normalized spacial score (nSPS) is 19.8. The zero-order chi connectivity index (χ0) is 18.4. The largest absolute Gasteiger partial charge is 0.481 e. The number of hydrogen-bond donors (Lipinski definition) is 0. The van der Waals surface area contributed by atoms with Crippen LogP contribution in [0.25, 0.3) is 6.08 Å². The summed E-state index contributed by atoms with van der Waals surface area (Å²) in [6, 6.07) is 7.46. The van der Waals surface area contributed by atoms with E-state index in [4.69, 9.17) is 28.1 Å². The molecule has 2 fully saturated rings. The van der Waals surface area contributed by atoms with Gasteiger partial charge in [-0.15, -0.1) is 6.42 Å². The molecule has 0 bridgehead atoms. The van der Waals surface area contributed by atoms with Crippen LogP contribution in [0, 0.1) is 12.3 Å². The predicted octanol–water partition coefficient (Wildman–Crippen LogP) is 2.23. The van der Waals surface area contributed by atoms with Gasteiger partial charge in [0.1, 0.15) is 16.7 Å². The number of terminal acetylenes is 1. The highest BCUT2D eigenvalue weighted by atomic mass is 32.2. The molecule has 3 rings (SSSR count). The highest BCUT2D eigenvalue weighted by molar-refractivity contribution is 8.26. The van der Waals surface area contributed by atoms with Gasteiger partial charge < -0.3 is 9.47 Å². The molecule has 7 heteroatoms. The Bertz CT molecular complexity index is 734. The van der Waals surface area contributed by atoms with E-state index in [1.807, 2.05) is 30.3 Å². The Labute approximate surface area is 163 Å². The predicted molar refractivity (Wildman–Crippen MR) is 108 cm³/mol. The molecule has 0 atom stereocenters. The number of amides is 1. The minimum absolute atomic E-state index is 0.0269. The Kier molecular flexibility index (Phi) is 6.69. The lowest BCUT2D eigenvalue weighted by molar-refractivity contribution is -0.122. The molecule has 0 unspecified atom stereocenters. The van der Waals surface area contributed by atoms with Gasteiger partial charge >= 0.3 is 0 Å². The van der Waals surface area contributed by atoms with Crippen LogP contribution in [0.2, 0.25) is 0 Å². The molecule has 0 spiro atoms. The van der Waals surface area contributed by atoms with Gasteiger partial charge in [0.15, 0.2) is 0 Å². The molecule has 1 aromatic rings. The Hall–Kier alpha value is -1.85. The molecule has 136 valence electrons. The van der Waals surface area contributed by atoms with Crippen LogP contribution in [-0.4, -0.2) is 66.0 Å². The second-order valence-corrected chi connectivity index (χ2v) is 7.52. The van der Waals surface area contributed by atoms with Gasteiger partial charge in [0.25, 0.3) is 5.91 Å². The first-order valence-corrected chi connectivity index (χ1v) is 9.61. The molecule has 2 aliphatic heterocycles. The van der Waals surface area contributed by atoms with Crippen molar-refractivity contribution in [2.24, 2.45) is 0 Å². The van der Waals surface area contributed by atoms with E-state index in [1.54, 1.807) is 4.90 Å². The number of thiocarbonyl (C=S) groups is 1. The van der Waals surface area contributed by atoms with Crippen LogP contribution >= 0.6 is 24.0 Å². The molecule has 2 saturated heterocycles. The summed E-state index contributed by atoms with van der Waals surface area (Å²) in [6.45, 7) is 4.96. The molecule has 5 nitrogen and oxygen atoms in total. The molecule has 26 heavy (non-hydrogen) atoms. The first-order valence-electron chi connectivity index (χ1n) is 8.39. The van der Waals surface area contributed by atoms with E-state index in [2.05, 4.69) is 10.8 Å². The summed E-state index contributed by atoms with van der Waals surface area (Å²) in [5.74, 6) is 3.11. The summed E-state index contributed by atoms with van der Waals surface area (Å²) >= 11 is 6.74. The standard InChI is InChI=1S/C19H20N2O3S2/c1-2-11-24-16-5-3-15(4-6-16)14-17-18(22)21(19(25)26-17)8-7-20-9-12-23-13-10-20/h1,3-6,14H,7-13H2/b17-14+. The summed E-state index contributed by atoms with van der Waals surface area (Å²) in [6.07, 6.45) is 7.04. The molecule has 0 aromatic heterocycles. The van der Waals surface area contributed by atoms with E-state index < -0.39 is 0 Å². The number of carbonyl (C=O) groups excluding carboxylic acids is 1. The maximum atomic E-state index is 12.7. The molecule has 0 saturated carbocycles. The number of morpholine rings is 1. The van der Waals surface area contributed by atoms with Crippen LogP contribution in [-0.2, 0) is 9.53 Å².